The number of carbonyl (C=O) groups excluding carboxylic acids is 5. The molecule has 12 nitrogen and oxygen atoms in total. The first-order valence-corrected chi connectivity index (χ1v) is 17.6. The van der Waals surface area contributed by atoms with E-state index >= 15 is 0 Å². The molecule has 0 radical (unpaired) electrons. The Morgan fingerprint density at radius 2 is 1.65 bits per heavy atom. The van der Waals surface area contributed by atoms with Crippen LogP contribution in [0.25, 0.3) is 0 Å². The molecule has 0 aromatic heterocycles. The van der Waals surface area contributed by atoms with E-state index in [2.05, 4.69) is 4.99 Å². The summed E-state index contributed by atoms with van der Waals surface area (Å²) < 4.78 is 0. The number of likely N-dealkylation sites (tertiary alicyclic amines) is 2. The maximum Gasteiger partial charge on any atom is 0.326 e. The number of aliphatic carboxylic acids is 1. The third-order valence-corrected chi connectivity index (χ3v) is 11.6. The van der Waals surface area contributed by atoms with Gasteiger partial charge in [-0.05, 0) is 63.0 Å². The van der Waals surface area contributed by atoms with Crippen LogP contribution in [-0.4, -0.2) is 115 Å². The standard InChI is InChI=1S/C36H40ClN5O7/c1-21(43)38-27(20-23-6-2-3-7-26(23)37)31(44)40-18-5-4-16-36(40)17-14-25-10-12-28(42(25)35(36)49)32(45)39-19-15-22-8-9-24-11-13-29(34(47)48)41(24)33(46)30(22)39/h2-3,6-9,14,17,22,24-25,28-30H,4-5,10-13,15-16,18-20H2,1H3,(H,47,48)/t22-,24-,25-,28-,29-,30?,36+/m0/s1. The molecule has 4 saturated heterocycles. The molecule has 1 unspecified atom stereocenters. The number of rotatable bonds is 5. The monoisotopic (exact) mass is 689 g/mol. The molecule has 0 bridgehead atoms. The highest BCUT2D eigenvalue weighted by Crippen LogP contribution is 2.42. The van der Waals surface area contributed by atoms with E-state index in [9.17, 15) is 33.9 Å². The van der Waals surface area contributed by atoms with Crippen LogP contribution >= 0.6 is 11.6 Å². The van der Waals surface area contributed by atoms with Crippen LogP contribution in [0.5, 0.6) is 0 Å². The van der Waals surface area contributed by atoms with Crippen molar-refractivity contribution in [1.82, 2.24) is 19.6 Å². The molecule has 258 valence electrons. The lowest BCUT2D eigenvalue weighted by molar-refractivity contribution is -0.159. The number of benzene rings is 1. The number of carbonyl (C=O) groups is 6. The first-order chi connectivity index (χ1) is 23.5. The minimum atomic E-state index is -1.36. The average molecular weight is 690 g/mol. The molecule has 6 aliphatic rings. The quantitative estimate of drug-likeness (QED) is 0.369. The van der Waals surface area contributed by atoms with Gasteiger partial charge in [0.25, 0.3) is 11.8 Å². The first-order valence-electron chi connectivity index (χ1n) is 17.2. The zero-order valence-electron chi connectivity index (χ0n) is 27.4. The fourth-order valence-corrected chi connectivity index (χ4v) is 9.12. The number of piperidine rings is 1. The molecule has 6 heterocycles. The highest BCUT2D eigenvalue weighted by atomic mass is 35.5. The van der Waals surface area contributed by atoms with Gasteiger partial charge in [-0.3, -0.25) is 24.0 Å². The molecule has 7 atom stereocenters. The lowest BCUT2D eigenvalue weighted by Gasteiger charge is -2.50. The highest BCUT2D eigenvalue weighted by Gasteiger charge is 2.57. The van der Waals surface area contributed by atoms with E-state index in [1.165, 1.54) is 16.7 Å². The van der Waals surface area contributed by atoms with Gasteiger partial charge in [-0.1, -0.05) is 54.1 Å². The molecule has 1 N–H and O–H groups in total. The van der Waals surface area contributed by atoms with E-state index in [1.807, 2.05) is 18.2 Å². The Hall–Kier alpha value is -4.32. The van der Waals surface area contributed by atoms with E-state index < -0.39 is 41.4 Å². The van der Waals surface area contributed by atoms with Crippen LogP contribution in [0, 0.1) is 5.92 Å². The van der Waals surface area contributed by atoms with E-state index in [0.717, 1.165) is 0 Å². The van der Waals surface area contributed by atoms with Crippen molar-refractivity contribution in [2.45, 2.75) is 100 Å². The Morgan fingerprint density at radius 3 is 2.39 bits per heavy atom. The fraction of sp³-hybridized carbons (Fsp3) is 0.528. The third-order valence-electron chi connectivity index (χ3n) is 11.2. The lowest BCUT2D eigenvalue weighted by Crippen LogP contribution is -2.68. The number of aliphatic imine (C=N–C) groups is 1. The zero-order valence-corrected chi connectivity index (χ0v) is 28.1. The van der Waals surface area contributed by atoms with Crippen molar-refractivity contribution in [2.24, 2.45) is 10.9 Å². The molecule has 6 aliphatic heterocycles. The van der Waals surface area contributed by atoms with Gasteiger partial charge in [-0.2, -0.15) is 0 Å². The summed E-state index contributed by atoms with van der Waals surface area (Å²) in [5, 5.41) is 10.3. The summed E-state index contributed by atoms with van der Waals surface area (Å²) in [7, 11) is 0. The van der Waals surface area contributed by atoms with Crippen molar-refractivity contribution in [3.05, 3.63) is 59.2 Å². The largest absolute Gasteiger partial charge is 0.480 e. The van der Waals surface area contributed by atoms with Crippen LogP contribution in [0.2, 0.25) is 5.02 Å². The zero-order chi connectivity index (χ0) is 34.6. The van der Waals surface area contributed by atoms with Crippen molar-refractivity contribution in [3.8, 4) is 0 Å². The molecule has 4 fully saturated rings. The predicted molar refractivity (Wildman–Crippen MR) is 178 cm³/mol. The minimum Gasteiger partial charge on any atom is -0.480 e. The van der Waals surface area contributed by atoms with Crippen LogP contribution in [0.4, 0.5) is 0 Å². The van der Waals surface area contributed by atoms with Gasteiger partial charge in [0.1, 0.15) is 29.4 Å². The van der Waals surface area contributed by atoms with Crippen molar-refractivity contribution in [3.63, 3.8) is 0 Å². The van der Waals surface area contributed by atoms with E-state index in [1.54, 1.807) is 40.1 Å². The van der Waals surface area contributed by atoms with E-state index in [-0.39, 0.29) is 54.4 Å². The van der Waals surface area contributed by atoms with Crippen molar-refractivity contribution >= 4 is 52.8 Å². The second kappa shape index (κ2) is 12.9. The maximum absolute atomic E-state index is 14.8. The smallest absolute Gasteiger partial charge is 0.326 e. The van der Waals surface area contributed by atoms with Gasteiger partial charge in [0.15, 0.2) is 0 Å². The van der Waals surface area contributed by atoms with Gasteiger partial charge in [0.05, 0.1) is 12.1 Å². The number of carboxylic acid groups (broad SMARTS) is 1. The maximum atomic E-state index is 14.8. The summed E-state index contributed by atoms with van der Waals surface area (Å²) in [6, 6.07) is 3.74. The van der Waals surface area contributed by atoms with Crippen LogP contribution in [0.15, 0.2) is 53.6 Å². The molecular weight excluding hydrogens is 650 g/mol. The summed E-state index contributed by atoms with van der Waals surface area (Å²) >= 11 is 6.40. The first kappa shape index (κ1) is 33.2. The number of hydrogen-bond donors (Lipinski definition) is 1. The molecule has 1 aromatic rings. The summed E-state index contributed by atoms with van der Waals surface area (Å²) in [5.41, 5.74) is -0.748. The number of nitrogens with zero attached hydrogens (tertiary/aromatic N) is 5. The lowest BCUT2D eigenvalue weighted by atomic mass is 9.81. The summed E-state index contributed by atoms with van der Waals surface area (Å²) in [4.78, 5) is 92.0. The van der Waals surface area contributed by atoms with Gasteiger partial charge >= 0.3 is 5.97 Å². The van der Waals surface area contributed by atoms with Crippen molar-refractivity contribution in [2.75, 3.05) is 13.1 Å². The number of fused-ring (bicyclic) bond motifs is 3. The van der Waals surface area contributed by atoms with E-state index in [4.69, 9.17) is 11.6 Å². The molecule has 7 rings (SSSR count). The number of hydrogen-bond acceptors (Lipinski definition) is 6. The topological polar surface area (TPSA) is 148 Å². The van der Waals surface area contributed by atoms with Crippen LogP contribution in [0.3, 0.4) is 0 Å². The molecule has 49 heavy (non-hydrogen) atoms. The minimum absolute atomic E-state index is 0.0105. The van der Waals surface area contributed by atoms with Crippen molar-refractivity contribution in [1.29, 1.82) is 0 Å². The van der Waals surface area contributed by atoms with Gasteiger partial charge in [0.2, 0.25) is 17.7 Å². The summed E-state index contributed by atoms with van der Waals surface area (Å²) in [6.07, 6.45) is 11.7. The SMILES string of the molecule is CC(=O)N=C(Cc1ccccc1Cl)C(=O)N1CCCC[C@]12C=C[C@@H]1CC[C@@H](C(=O)N3CC[C@@H]4C=C[C@H]5CC[C@@H](C(=O)O)N5C(=O)C43)N1C2=O. The molecule has 0 saturated carbocycles. The van der Waals surface area contributed by atoms with Gasteiger partial charge < -0.3 is 24.7 Å². The average Bonchev–Trinajstić information content (AvgIpc) is 3.81. The van der Waals surface area contributed by atoms with Crippen molar-refractivity contribution < 1.29 is 33.9 Å². The Kier molecular flexibility index (Phi) is 8.71. The molecule has 0 aliphatic carbocycles. The number of amides is 5. The Morgan fingerprint density at radius 1 is 0.918 bits per heavy atom. The van der Waals surface area contributed by atoms with Crippen LogP contribution < -0.4 is 0 Å². The predicted octanol–water partition coefficient (Wildman–Crippen LogP) is 2.78. The number of halogens is 1. The Balaban J connectivity index is 1.17. The fourth-order valence-electron chi connectivity index (χ4n) is 8.92. The van der Waals surface area contributed by atoms with Gasteiger partial charge in [0, 0.05) is 37.4 Å². The van der Waals surface area contributed by atoms with E-state index in [0.29, 0.717) is 68.5 Å². The highest BCUT2D eigenvalue weighted by molar-refractivity contribution is 6.42. The van der Waals surface area contributed by atoms with Crippen LogP contribution in [-0.2, 0) is 35.2 Å². The summed E-state index contributed by atoms with van der Waals surface area (Å²) in [6.45, 7) is 1.86. The second-order valence-corrected chi connectivity index (χ2v) is 14.4. The molecule has 1 spiro atoms. The number of carboxylic acids is 1. The Bertz CT molecular complexity index is 1710. The normalized spacial score (nSPS) is 32.3. The molecular formula is C36H40ClN5O7. The Labute approximate surface area is 289 Å². The third kappa shape index (κ3) is 5.57. The van der Waals surface area contributed by atoms with Gasteiger partial charge in [-0.25, -0.2) is 9.79 Å². The second-order valence-electron chi connectivity index (χ2n) is 14.0. The molecule has 13 heteroatoms. The molecule has 1 aromatic carbocycles. The summed E-state index contributed by atoms with van der Waals surface area (Å²) in [5.74, 6) is -3.39. The van der Waals surface area contributed by atoms with Gasteiger partial charge in [-0.15, -0.1) is 0 Å². The van der Waals surface area contributed by atoms with Crippen LogP contribution in [0.1, 0.15) is 63.9 Å². The molecule has 5 amide bonds.